The highest BCUT2D eigenvalue weighted by Gasteiger charge is 2.20. The number of hydrogen-bond acceptors (Lipinski definition) is 6. The Kier molecular flexibility index (Phi) is 5.81. The monoisotopic (exact) mass is 448 g/mol. The Balaban J connectivity index is 1.70. The van der Waals surface area contributed by atoms with Crippen molar-refractivity contribution in [2.45, 2.75) is 12.5 Å². The van der Waals surface area contributed by atoms with E-state index in [1.165, 1.54) is 19.2 Å². The van der Waals surface area contributed by atoms with E-state index < -0.39 is 29.1 Å². The van der Waals surface area contributed by atoms with Crippen molar-refractivity contribution in [3.8, 4) is 17.3 Å². The molecule has 2 heterocycles. The summed E-state index contributed by atoms with van der Waals surface area (Å²) in [5.74, 6) is -1.32. The predicted molar refractivity (Wildman–Crippen MR) is 122 cm³/mol. The van der Waals surface area contributed by atoms with E-state index >= 15 is 0 Å². The van der Waals surface area contributed by atoms with Gasteiger partial charge in [0, 0.05) is 29.7 Å². The molecule has 0 bridgehead atoms. The molecule has 2 aromatic carbocycles. The smallest absolute Gasteiger partial charge is 0.335 e. The third-order valence-electron chi connectivity index (χ3n) is 5.21. The molecule has 4 aromatic rings. The van der Waals surface area contributed by atoms with Crippen LogP contribution in [-0.4, -0.2) is 50.1 Å². The molecule has 10 heteroatoms. The van der Waals surface area contributed by atoms with Gasteiger partial charge in [0.1, 0.15) is 11.3 Å². The SMILES string of the molecule is COc1ccc(-n2c(O)c(C=NC(Cc3c[nH]c4ccccc34)C(=O)O)c(=O)[nH]c2=O)cc1. The van der Waals surface area contributed by atoms with Gasteiger partial charge in [-0.3, -0.25) is 14.8 Å². The molecule has 0 aliphatic rings. The van der Waals surface area contributed by atoms with Gasteiger partial charge in [0.25, 0.3) is 5.56 Å². The van der Waals surface area contributed by atoms with Crippen LogP contribution in [0.2, 0.25) is 0 Å². The van der Waals surface area contributed by atoms with Crippen LogP contribution in [0, 0.1) is 0 Å². The Morgan fingerprint density at radius 1 is 1.18 bits per heavy atom. The van der Waals surface area contributed by atoms with Crippen LogP contribution in [0.25, 0.3) is 16.6 Å². The third kappa shape index (κ3) is 4.26. The van der Waals surface area contributed by atoms with E-state index in [0.717, 1.165) is 27.2 Å². The number of nitrogens with one attached hydrogen (secondary N) is 2. The Hall–Kier alpha value is -4.60. The topological polar surface area (TPSA) is 150 Å². The van der Waals surface area contributed by atoms with E-state index in [2.05, 4.69) is 15.0 Å². The fourth-order valence-corrected chi connectivity index (χ4v) is 3.50. The standard InChI is InChI=1S/C23H20N4O6/c1-33-15-8-6-14(7-9-15)27-21(29)17(20(28)26-23(27)32)12-25-19(22(30)31)10-13-11-24-18-5-3-2-4-16(13)18/h2-9,11-12,19,24,29H,10H2,1H3,(H,30,31)(H,26,28,32). The van der Waals surface area contributed by atoms with E-state index in [9.17, 15) is 24.6 Å². The number of nitrogens with zero attached hydrogens (tertiary/aromatic N) is 2. The average Bonchev–Trinajstić information content (AvgIpc) is 3.21. The molecule has 2 aromatic heterocycles. The number of hydrogen-bond donors (Lipinski definition) is 4. The average molecular weight is 448 g/mol. The van der Waals surface area contributed by atoms with Crippen LogP contribution in [0.3, 0.4) is 0 Å². The van der Waals surface area contributed by atoms with Gasteiger partial charge < -0.3 is 19.9 Å². The number of fused-ring (bicyclic) bond motifs is 1. The number of aromatic amines is 2. The first-order valence-electron chi connectivity index (χ1n) is 9.92. The van der Waals surface area contributed by atoms with Gasteiger partial charge in [-0.15, -0.1) is 0 Å². The number of para-hydroxylation sites is 1. The minimum atomic E-state index is -1.22. The first-order chi connectivity index (χ1) is 15.9. The normalized spacial score (nSPS) is 12.3. The number of benzene rings is 2. The molecule has 4 rings (SSSR count). The Morgan fingerprint density at radius 2 is 1.91 bits per heavy atom. The van der Waals surface area contributed by atoms with Crippen molar-refractivity contribution in [3.05, 3.63) is 86.7 Å². The van der Waals surface area contributed by atoms with Crippen molar-refractivity contribution in [1.82, 2.24) is 14.5 Å². The summed E-state index contributed by atoms with van der Waals surface area (Å²) in [5.41, 5.74) is -0.193. The van der Waals surface area contributed by atoms with Gasteiger partial charge in [-0.05, 0) is 35.9 Å². The molecule has 0 radical (unpaired) electrons. The molecule has 10 nitrogen and oxygen atoms in total. The predicted octanol–water partition coefficient (Wildman–Crippen LogP) is 1.84. The van der Waals surface area contributed by atoms with Crippen molar-refractivity contribution in [1.29, 1.82) is 0 Å². The zero-order valence-electron chi connectivity index (χ0n) is 17.5. The molecular formula is C23H20N4O6. The lowest BCUT2D eigenvalue weighted by molar-refractivity contribution is -0.138. The zero-order valence-corrected chi connectivity index (χ0v) is 17.5. The zero-order chi connectivity index (χ0) is 23.5. The largest absolute Gasteiger partial charge is 0.497 e. The fraction of sp³-hybridized carbons (Fsp3) is 0.130. The molecule has 0 aliphatic carbocycles. The first-order valence-corrected chi connectivity index (χ1v) is 9.92. The summed E-state index contributed by atoms with van der Waals surface area (Å²) in [6, 6.07) is 12.4. The number of H-pyrrole nitrogens is 2. The summed E-state index contributed by atoms with van der Waals surface area (Å²) in [5, 5.41) is 21.2. The highest BCUT2D eigenvalue weighted by atomic mass is 16.5. The molecule has 168 valence electrons. The van der Waals surface area contributed by atoms with Gasteiger partial charge in [-0.2, -0.15) is 0 Å². The van der Waals surface area contributed by atoms with Crippen LogP contribution >= 0.6 is 0 Å². The number of ether oxygens (including phenoxy) is 1. The molecule has 0 amide bonds. The lowest BCUT2D eigenvalue weighted by Gasteiger charge is -2.11. The molecule has 0 saturated carbocycles. The highest BCUT2D eigenvalue weighted by Crippen LogP contribution is 2.21. The summed E-state index contributed by atoms with van der Waals surface area (Å²) >= 11 is 0. The second-order valence-electron chi connectivity index (χ2n) is 7.23. The third-order valence-corrected chi connectivity index (χ3v) is 5.21. The van der Waals surface area contributed by atoms with E-state index in [4.69, 9.17) is 4.74 Å². The lowest BCUT2D eigenvalue weighted by atomic mass is 10.1. The van der Waals surface area contributed by atoms with Crippen molar-refractivity contribution >= 4 is 23.1 Å². The molecule has 0 aliphatic heterocycles. The summed E-state index contributed by atoms with van der Waals surface area (Å²) in [6.45, 7) is 0. The second-order valence-corrected chi connectivity index (χ2v) is 7.23. The maximum atomic E-state index is 12.3. The molecule has 4 N–H and O–H groups in total. The van der Waals surface area contributed by atoms with E-state index in [1.807, 2.05) is 24.3 Å². The van der Waals surface area contributed by atoms with Gasteiger partial charge in [-0.25, -0.2) is 14.2 Å². The number of carboxylic acid groups (broad SMARTS) is 1. The fourth-order valence-electron chi connectivity index (χ4n) is 3.50. The van der Waals surface area contributed by atoms with Crippen LogP contribution in [0.4, 0.5) is 0 Å². The van der Waals surface area contributed by atoms with Crippen molar-refractivity contribution in [2.75, 3.05) is 7.11 Å². The highest BCUT2D eigenvalue weighted by molar-refractivity contribution is 5.87. The number of carbonyl (C=O) groups is 1. The summed E-state index contributed by atoms with van der Waals surface area (Å²) < 4.78 is 5.97. The molecule has 1 atom stereocenters. The van der Waals surface area contributed by atoms with Crippen molar-refractivity contribution in [2.24, 2.45) is 4.99 Å². The van der Waals surface area contributed by atoms with Crippen molar-refractivity contribution < 1.29 is 19.7 Å². The van der Waals surface area contributed by atoms with E-state index in [-0.39, 0.29) is 17.7 Å². The number of aliphatic carboxylic acids is 1. The number of rotatable bonds is 7. The van der Waals surface area contributed by atoms with E-state index in [1.54, 1.807) is 18.3 Å². The maximum absolute atomic E-state index is 12.3. The Labute approximate surface area is 186 Å². The molecule has 0 spiro atoms. The summed E-state index contributed by atoms with van der Waals surface area (Å²) in [4.78, 5) is 45.7. The van der Waals surface area contributed by atoms with Gasteiger partial charge >= 0.3 is 11.7 Å². The van der Waals surface area contributed by atoms with Gasteiger partial charge in [-0.1, -0.05) is 18.2 Å². The van der Waals surface area contributed by atoms with Crippen molar-refractivity contribution in [3.63, 3.8) is 0 Å². The number of methoxy groups -OCH3 is 1. The van der Waals surface area contributed by atoms with Gasteiger partial charge in [0.15, 0.2) is 6.04 Å². The minimum absolute atomic E-state index is 0.0621. The summed E-state index contributed by atoms with van der Waals surface area (Å²) in [6.07, 6.45) is 2.75. The molecule has 0 saturated heterocycles. The van der Waals surface area contributed by atoms with Crippen LogP contribution in [-0.2, 0) is 11.2 Å². The maximum Gasteiger partial charge on any atom is 0.335 e. The van der Waals surface area contributed by atoms with E-state index in [0.29, 0.717) is 5.75 Å². The van der Waals surface area contributed by atoms with Crippen LogP contribution < -0.4 is 16.0 Å². The van der Waals surface area contributed by atoms with Gasteiger partial charge in [0.2, 0.25) is 5.88 Å². The summed E-state index contributed by atoms with van der Waals surface area (Å²) in [7, 11) is 1.49. The number of carboxylic acids is 1. The molecular weight excluding hydrogens is 428 g/mol. The minimum Gasteiger partial charge on any atom is -0.497 e. The molecule has 1 unspecified atom stereocenters. The molecule has 33 heavy (non-hydrogen) atoms. The first kappa shape index (κ1) is 21.6. The van der Waals surface area contributed by atoms with Crippen LogP contribution in [0.5, 0.6) is 11.6 Å². The second kappa shape index (κ2) is 8.87. The van der Waals surface area contributed by atoms with Gasteiger partial charge in [0.05, 0.1) is 12.8 Å². The quantitative estimate of drug-likeness (QED) is 0.317. The number of aromatic nitrogens is 3. The Bertz CT molecular complexity index is 1460. The van der Waals surface area contributed by atoms with Crippen LogP contribution in [0.15, 0.2) is 69.3 Å². The van der Waals surface area contributed by atoms with Crippen LogP contribution in [0.1, 0.15) is 11.1 Å². The Morgan fingerprint density at radius 3 is 2.61 bits per heavy atom. The number of aromatic hydroxyl groups is 1. The lowest BCUT2D eigenvalue weighted by Crippen LogP contribution is -2.31. The molecule has 0 fully saturated rings. The number of aliphatic imine (C=N–C) groups is 1.